The number of rotatable bonds is 8. The molecule has 1 fully saturated rings. The highest BCUT2D eigenvalue weighted by Crippen LogP contribution is 2.37. The molecule has 148 valence electrons. The molecule has 1 atom stereocenters. The fourth-order valence-electron chi connectivity index (χ4n) is 2.82. The van der Waals surface area contributed by atoms with Crippen LogP contribution in [-0.4, -0.2) is 54.4 Å². The number of hydrogen-bond acceptors (Lipinski definition) is 6. The molecule has 2 rings (SSSR count). The average molecular weight is 408 g/mol. The molecule has 26 heavy (non-hydrogen) atoms. The maximum atomic E-state index is 12.4. The Hall–Kier alpha value is -1.71. The van der Waals surface area contributed by atoms with Crippen LogP contribution in [0.2, 0.25) is 0 Å². The maximum Gasteiger partial charge on any atom is 0.251 e. The number of anilines is 1. The number of benzene rings is 1. The molecule has 0 saturated carbocycles. The highest BCUT2D eigenvalue weighted by molar-refractivity contribution is 7.92. The van der Waals surface area contributed by atoms with Crippen LogP contribution in [0.15, 0.2) is 12.1 Å². The van der Waals surface area contributed by atoms with E-state index in [4.69, 9.17) is 9.47 Å². The van der Waals surface area contributed by atoms with Gasteiger partial charge in [0.2, 0.25) is 10.0 Å². The number of sulfonamides is 1. The largest absolute Gasteiger partial charge is 0.493 e. The fourth-order valence-corrected chi connectivity index (χ4v) is 3.37. The van der Waals surface area contributed by atoms with Crippen LogP contribution in [0.3, 0.4) is 0 Å². The lowest BCUT2D eigenvalue weighted by Crippen LogP contribution is -2.26. The van der Waals surface area contributed by atoms with Gasteiger partial charge in [-0.05, 0) is 44.0 Å². The van der Waals surface area contributed by atoms with Gasteiger partial charge < -0.3 is 20.1 Å². The Morgan fingerprint density at radius 3 is 2.58 bits per heavy atom. The summed E-state index contributed by atoms with van der Waals surface area (Å²) in [6.45, 7) is 2.57. The second-order valence-electron chi connectivity index (χ2n) is 6.04. The summed E-state index contributed by atoms with van der Waals surface area (Å²) in [6, 6.07) is 2.97. The van der Waals surface area contributed by atoms with Crippen LogP contribution in [0.4, 0.5) is 5.69 Å². The molecular weight excluding hydrogens is 382 g/mol. The number of amides is 1. The lowest BCUT2D eigenvalue weighted by Gasteiger charge is -2.16. The van der Waals surface area contributed by atoms with Gasteiger partial charge in [-0.25, -0.2) is 8.42 Å². The minimum absolute atomic E-state index is 0. The summed E-state index contributed by atoms with van der Waals surface area (Å²) in [6.07, 6.45) is 3.05. The Kier molecular flexibility index (Phi) is 8.45. The quantitative estimate of drug-likeness (QED) is 0.598. The molecule has 3 N–H and O–H groups in total. The number of ether oxygens (including phenoxy) is 2. The van der Waals surface area contributed by atoms with Gasteiger partial charge in [0, 0.05) is 12.1 Å². The van der Waals surface area contributed by atoms with Gasteiger partial charge in [0.25, 0.3) is 5.91 Å². The molecule has 1 saturated heterocycles. The molecule has 0 aliphatic carbocycles. The monoisotopic (exact) mass is 407 g/mol. The topological polar surface area (TPSA) is 106 Å². The van der Waals surface area contributed by atoms with Crippen molar-refractivity contribution in [2.75, 3.05) is 44.8 Å². The first-order valence-electron chi connectivity index (χ1n) is 8.06. The zero-order chi connectivity index (χ0) is 18.4. The highest BCUT2D eigenvalue weighted by Gasteiger charge is 2.19. The maximum absolute atomic E-state index is 12.4. The minimum atomic E-state index is -3.53. The molecule has 8 nitrogen and oxygen atoms in total. The van der Waals surface area contributed by atoms with Gasteiger partial charge in [-0.15, -0.1) is 12.4 Å². The number of carbonyl (C=O) groups is 1. The SMILES string of the molecule is COc1cc(C(=O)NCCC2CCNC2)cc(NS(C)(=O)=O)c1OC.Cl. The average Bonchev–Trinajstić information content (AvgIpc) is 3.05. The van der Waals surface area contributed by atoms with E-state index in [0.717, 1.165) is 32.2 Å². The van der Waals surface area contributed by atoms with Gasteiger partial charge in [-0.2, -0.15) is 0 Å². The molecule has 1 aliphatic rings. The van der Waals surface area contributed by atoms with E-state index < -0.39 is 10.0 Å². The van der Waals surface area contributed by atoms with Gasteiger partial charge in [0.1, 0.15) is 0 Å². The van der Waals surface area contributed by atoms with Crippen molar-refractivity contribution < 1.29 is 22.7 Å². The van der Waals surface area contributed by atoms with Crippen LogP contribution in [0, 0.1) is 5.92 Å². The molecule has 0 spiro atoms. The Morgan fingerprint density at radius 1 is 1.31 bits per heavy atom. The summed E-state index contributed by atoms with van der Waals surface area (Å²) in [4.78, 5) is 12.4. The normalized spacial score (nSPS) is 16.5. The number of carbonyl (C=O) groups excluding carboxylic acids is 1. The molecule has 1 aromatic rings. The lowest BCUT2D eigenvalue weighted by molar-refractivity contribution is 0.0951. The van der Waals surface area contributed by atoms with Crippen molar-refractivity contribution in [3.63, 3.8) is 0 Å². The number of methoxy groups -OCH3 is 2. The van der Waals surface area contributed by atoms with Crippen LogP contribution in [0.5, 0.6) is 11.5 Å². The Bertz CT molecular complexity index is 721. The molecule has 0 radical (unpaired) electrons. The zero-order valence-corrected chi connectivity index (χ0v) is 16.8. The first-order valence-corrected chi connectivity index (χ1v) is 9.96. The summed E-state index contributed by atoms with van der Waals surface area (Å²) >= 11 is 0. The van der Waals surface area contributed by atoms with Gasteiger partial charge in [0.15, 0.2) is 11.5 Å². The highest BCUT2D eigenvalue weighted by atomic mass is 35.5. The van der Waals surface area contributed by atoms with Crippen molar-refractivity contribution in [1.29, 1.82) is 0 Å². The van der Waals surface area contributed by atoms with Crippen LogP contribution < -0.4 is 24.8 Å². The Morgan fingerprint density at radius 2 is 2.04 bits per heavy atom. The summed E-state index contributed by atoms with van der Waals surface area (Å²) in [5, 5.41) is 6.16. The van der Waals surface area contributed by atoms with Crippen LogP contribution in [-0.2, 0) is 10.0 Å². The van der Waals surface area contributed by atoms with Gasteiger partial charge >= 0.3 is 0 Å². The van der Waals surface area contributed by atoms with E-state index in [2.05, 4.69) is 15.4 Å². The minimum Gasteiger partial charge on any atom is -0.493 e. The number of nitrogens with one attached hydrogen (secondary N) is 3. The molecule has 0 bridgehead atoms. The van der Waals surface area contributed by atoms with E-state index in [-0.39, 0.29) is 35.5 Å². The molecule has 1 amide bonds. The van der Waals surface area contributed by atoms with Crippen molar-refractivity contribution in [1.82, 2.24) is 10.6 Å². The van der Waals surface area contributed by atoms with E-state index in [0.29, 0.717) is 18.0 Å². The van der Waals surface area contributed by atoms with Crippen LogP contribution >= 0.6 is 12.4 Å². The molecule has 0 aromatic heterocycles. The van der Waals surface area contributed by atoms with Crippen molar-refractivity contribution in [3.05, 3.63) is 17.7 Å². The van der Waals surface area contributed by atoms with E-state index in [1.165, 1.54) is 26.4 Å². The first-order chi connectivity index (χ1) is 11.8. The predicted octanol–water partition coefficient (Wildman–Crippen LogP) is 1.23. The van der Waals surface area contributed by atoms with Gasteiger partial charge in [-0.3, -0.25) is 9.52 Å². The zero-order valence-electron chi connectivity index (χ0n) is 15.1. The van der Waals surface area contributed by atoms with Gasteiger partial charge in [0.05, 0.1) is 26.2 Å². The second kappa shape index (κ2) is 9.84. The summed E-state index contributed by atoms with van der Waals surface area (Å²) in [7, 11) is -0.699. The fraction of sp³-hybridized carbons (Fsp3) is 0.562. The van der Waals surface area contributed by atoms with Crippen molar-refractivity contribution in [2.24, 2.45) is 5.92 Å². The summed E-state index contributed by atoms with van der Waals surface area (Å²) in [5.41, 5.74) is 0.461. The summed E-state index contributed by atoms with van der Waals surface area (Å²) < 4.78 is 35.9. The Balaban J connectivity index is 0.00000338. The number of hydrogen-bond donors (Lipinski definition) is 3. The van der Waals surface area contributed by atoms with E-state index in [9.17, 15) is 13.2 Å². The predicted molar refractivity (Wildman–Crippen MR) is 103 cm³/mol. The molecule has 1 unspecified atom stereocenters. The second-order valence-corrected chi connectivity index (χ2v) is 7.79. The van der Waals surface area contributed by atoms with Crippen molar-refractivity contribution in [2.45, 2.75) is 12.8 Å². The molecule has 1 aromatic carbocycles. The third-order valence-electron chi connectivity index (χ3n) is 4.04. The third-order valence-corrected chi connectivity index (χ3v) is 4.63. The van der Waals surface area contributed by atoms with Crippen molar-refractivity contribution >= 4 is 34.0 Å². The van der Waals surface area contributed by atoms with Gasteiger partial charge in [-0.1, -0.05) is 0 Å². The van der Waals surface area contributed by atoms with E-state index in [1.54, 1.807) is 0 Å². The van der Waals surface area contributed by atoms with Crippen molar-refractivity contribution in [3.8, 4) is 11.5 Å². The standard InChI is InChI=1S/C16H25N3O5S.ClH/c1-23-14-9-12(8-13(15(14)24-2)19-25(3,21)22)16(20)18-7-5-11-4-6-17-10-11;/h8-9,11,17,19H,4-7,10H2,1-3H3,(H,18,20);1H. The summed E-state index contributed by atoms with van der Waals surface area (Å²) in [5.74, 6) is 0.791. The van der Waals surface area contributed by atoms with E-state index >= 15 is 0 Å². The smallest absolute Gasteiger partial charge is 0.251 e. The molecular formula is C16H26ClN3O5S. The molecule has 1 aliphatic heterocycles. The van der Waals surface area contributed by atoms with Crippen LogP contribution in [0.1, 0.15) is 23.2 Å². The molecule has 1 heterocycles. The van der Waals surface area contributed by atoms with Crippen LogP contribution in [0.25, 0.3) is 0 Å². The number of halogens is 1. The third kappa shape index (κ3) is 6.22. The first kappa shape index (κ1) is 22.3. The lowest BCUT2D eigenvalue weighted by atomic mass is 10.1. The van der Waals surface area contributed by atoms with E-state index in [1.807, 2.05) is 0 Å². The molecule has 10 heteroatoms. The Labute approximate surface area is 160 Å².